The lowest BCUT2D eigenvalue weighted by Gasteiger charge is -2.48. The van der Waals surface area contributed by atoms with E-state index in [4.69, 9.17) is 0 Å². The van der Waals surface area contributed by atoms with Crippen LogP contribution < -0.4 is 9.62 Å². The van der Waals surface area contributed by atoms with Crippen molar-refractivity contribution in [2.24, 2.45) is 5.92 Å². The summed E-state index contributed by atoms with van der Waals surface area (Å²) in [4.78, 5) is 15.1. The number of anilines is 1. The molecular formula is C29H32FN2O4S. The summed E-state index contributed by atoms with van der Waals surface area (Å²) in [7, 11) is -3.20. The van der Waals surface area contributed by atoms with E-state index in [-0.39, 0.29) is 23.7 Å². The molecule has 1 radical (unpaired) electrons. The number of nitrogens with zero attached hydrogens (tertiary/aromatic N) is 1. The van der Waals surface area contributed by atoms with Gasteiger partial charge in [0, 0.05) is 12.2 Å². The van der Waals surface area contributed by atoms with Crippen LogP contribution in [0.5, 0.6) is 0 Å². The molecule has 3 aromatic carbocycles. The summed E-state index contributed by atoms with van der Waals surface area (Å²) in [5.41, 5.74) is 4.37. The van der Waals surface area contributed by atoms with Gasteiger partial charge in [0.2, 0.25) is 15.9 Å². The molecule has 37 heavy (non-hydrogen) atoms. The highest BCUT2D eigenvalue weighted by atomic mass is 32.2. The van der Waals surface area contributed by atoms with Crippen molar-refractivity contribution in [1.29, 1.82) is 0 Å². The van der Waals surface area contributed by atoms with E-state index in [0.29, 0.717) is 31.4 Å². The zero-order valence-corrected chi connectivity index (χ0v) is 21.6. The first-order valence-corrected chi connectivity index (χ1v) is 14.2. The van der Waals surface area contributed by atoms with Crippen LogP contribution in [0.15, 0.2) is 72.8 Å². The van der Waals surface area contributed by atoms with Gasteiger partial charge >= 0.3 is 0 Å². The van der Waals surface area contributed by atoms with Gasteiger partial charge in [0.15, 0.2) is 0 Å². The van der Waals surface area contributed by atoms with E-state index in [2.05, 4.69) is 11.6 Å². The van der Waals surface area contributed by atoms with E-state index in [1.54, 1.807) is 17.0 Å². The Morgan fingerprint density at radius 3 is 2.30 bits per heavy atom. The van der Waals surface area contributed by atoms with Gasteiger partial charge in [-0.15, -0.1) is 0 Å². The molecule has 1 aliphatic rings. The Labute approximate surface area is 218 Å². The molecule has 0 aliphatic carbocycles. The number of benzene rings is 3. The van der Waals surface area contributed by atoms with Crippen molar-refractivity contribution in [3.8, 4) is 0 Å². The summed E-state index contributed by atoms with van der Waals surface area (Å²) >= 11 is 0. The Balaban J connectivity index is 1.45. The third-order valence-corrected chi connectivity index (χ3v) is 7.49. The summed E-state index contributed by atoms with van der Waals surface area (Å²) in [6.45, 7) is 4.33. The lowest BCUT2D eigenvalue weighted by molar-refractivity contribution is -0.131. The number of hydrogen-bond acceptors (Lipinski definition) is 4. The van der Waals surface area contributed by atoms with E-state index in [1.165, 1.54) is 12.1 Å². The number of amides is 1. The summed E-state index contributed by atoms with van der Waals surface area (Å²) in [6.07, 6.45) is 2.64. The van der Waals surface area contributed by atoms with Crippen molar-refractivity contribution < 1.29 is 22.7 Å². The predicted octanol–water partition coefficient (Wildman–Crippen LogP) is 4.71. The number of carbonyl (C=O) groups excluding carboxylic acids is 1. The second-order valence-corrected chi connectivity index (χ2v) is 11.4. The normalized spacial score (nSPS) is 18.5. The Bertz CT molecular complexity index is 1310. The second kappa shape index (κ2) is 11.5. The Kier molecular flexibility index (Phi) is 8.42. The molecular weight excluding hydrogens is 491 g/mol. The van der Waals surface area contributed by atoms with E-state index in [0.717, 1.165) is 35.1 Å². The molecule has 3 aromatic rings. The van der Waals surface area contributed by atoms with Crippen LogP contribution in [0.1, 0.15) is 53.7 Å². The molecule has 2 N–H and O–H groups in total. The first-order valence-electron chi connectivity index (χ1n) is 12.3. The first kappa shape index (κ1) is 27.0. The second-order valence-electron chi connectivity index (χ2n) is 9.58. The van der Waals surface area contributed by atoms with Gasteiger partial charge in [0.05, 0.1) is 24.3 Å². The monoisotopic (exact) mass is 523 g/mol. The van der Waals surface area contributed by atoms with E-state index in [9.17, 15) is 22.7 Å². The van der Waals surface area contributed by atoms with Crippen molar-refractivity contribution in [2.75, 3.05) is 17.7 Å². The average Bonchev–Trinajstić information content (AvgIpc) is 2.86. The van der Waals surface area contributed by atoms with Gasteiger partial charge in [-0.05, 0) is 79.1 Å². The molecule has 1 saturated heterocycles. The van der Waals surface area contributed by atoms with Crippen molar-refractivity contribution in [3.05, 3.63) is 108 Å². The smallest absolute Gasteiger partial charge is 0.233 e. The Hall–Kier alpha value is -3.07. The SMILES string of the molecule is [CH2]c1ccc([C@@H]2[C@@H](CC[C@H](O)c3ccc(F)cc3)C(=O)N2c2ccc(CCCNS(C)(=O)=O)cc2)cc1. The van der Waals surface area contributed by atoms with Gasteiger partial charge in [-0.25, -0.2) is 17.5 Å². The maximum Gasteiger partial charge on any atom is 0.233 e. The largest absolute Gasteiger partial charge is 0.388 e. The van der Waals surface area contributed by atoms with Gasteiger partial charge in [0.1, 0.15) is 5.82 Å². The Morgan fingerprint density at radius 1 is 1.03 bits per heavy atom. The third kappa shape index (κ3) is 6.83. The van der Waals surface area contributed by atoms with E-state index in [1.807, 2.05) is 48.5 Å². The molecule has 1 aliphatic heterocycles. The molecule has 1 heterocycles. The van der Waals surface area contributed by atoms with Crippen LogP contribution in [0.25, 0.3) is 0 Å². The summed E-state index contributed by atoms with van der Waals surface area (Å²) in [6, 6.07) is 21.2. The fourth-order valence-electron chi connectivity index (χ4n) is 4.78. The highest BCUT2D eigenvalue weighted by Gasteiger charge is 2.48. The molecule has 0 saturated carbocycles. The van der Waals surface area contributed by atoms with Gasteiger partial charge in [-0.3, -0.25) is 4.79 Å². The van der Waals surface area contributed by atoms with Crippen LogP contribution in [0.4, 0.5) is 10.1 Å². The van der Waals surface area contributed by atoms with Crippen LogP contribution in [0, 0.1) is 18.7 Å². The Morgan fingerprint density at radius 2 is 1.68 bits per heavy atom. The minimum atomic E-state index is -3.20. The number of carbonyl (C=O) groups is 1. The molecule has 195 valence electrons. The molecule has 0 spiro atoms. The summed E-state index contributed by atoms with van der Waals surface area (Å²) in [5.74, 6) is -0.640. The molecule has 6 nitrogen and oxygen atoms in total. The van der Waals surface area contributed by atoms with Crippen LogP contribution in [0.2, 0.25) is 0 Å². The van der Waals surface area contributed by atoms with E-state index < -0.39 is 16.1 Å². The quantitative estimate of drug-likeness (QED) is 0.282. The fourth-order valence-corrected chi connectivity index (χ4v) is 5.29. The highest BCUT2D eigenvalue weighted by Crippen LogP contribution is 2.46. The lowest BCUT2D eigenvalue weighted by atomic mass is 9.78. The number of sulfonamides is 1. The van der Waals surface area contributed by atoms with Gasteiger partial charge < -0.3 is 10.0 Å². The minimum absolute atomic E-state index is 0.000100. The number of rotatable bonds is 11. The highest BCUT2D eigenvalue weighted by molar-refractivity contribution is 7.88. The average molecular weight is 524 g/mol. The number of β-lactam (4-membered cyclic amide) rings is 1. The number of aliphatic hydroxyl groups is 1. The van der Waals surface area contributed by atoms with Crippen molar-refractivity contribution in [2.45, 2.75) is 37.8 Å². The maximum absolute atomic E-state index is 13.3. The van der Waals surface area contributed by atoms with Crippen LogP contribution in [-0.2, 0) is 21.2 Å². The van der Waals surface area contributed by atoms with Crippen LogP contribution in [0.3, 0.4) is 0 Å². The van der Waals surface area contributed by atoms with Crippen LogP contribution >= 0.6 is 0 Å². The number of halogens is 1. The standard InChI is InChI=1S/C29H32FN2O4S/c1-20-5-9-23(10-6-20)28-26(17-18-27(33)22-11-13-24(30)14-12-22)29(34)32(28)25-15-7-21(8-16-25)4-3-19-31-37(2,35)36/h5-16,26-28,31,33H,1,3-4,17-19H2,2H3/t26-,27+,28-/m1/s1. The molecule has 0 bridgehead atoms. The number of hydrogen-bond donors (Lipinski definition) is 2. The first-order chi connectivity index (χ1) is 17.6. The molecule has 0 unspecified atom stereocenters. The topological polar surface area (TPSA) is 86.7 Å². The van der Waals surface area contributed by atoms with Gasteiger partial charge in [0.25, 0.3) is 0 Å². The van der Waals surface area contributed by atoms with Crippen LogP contribution in [-0.4, -0.2) is 32.2 Å². The van der Waals surface area contributed by atoms with Crippen molar-refractivity contribution in [1.82, 2.24) is 4.72 Å². The van der Waals surface area contributed by atoms with Gasteiger partial charge in [-0.1, -0.05) is 48.5 Å². The molecule has 1 fully saturated rings. The van der Waals surface area contributed by atoms with Crippen molar-refractivity contribution >= 4 is 21.6 Å². The molecule has 1 amide bonds. The molecule has 0 aromatic heterocycles. The predicted molar refractivity (Wildman–Crippen MR) is 143 cm³/mol. The van der Waals surface area contributed by atoms with Crippen molar-refractivity contribution in [3.63, 3.8) is 0 Å². The molecule has 8 heteroatoms. The summed E-state index contributed by atoms with van der Waals surface area (Å²) < 4.78 is 38.2. The maximum atomic E-state index is 13.3. The number of aliphatic hydroxyl groups excluding tert-OH is 1. The zero-order valence-electron chi connectivity index (χ0n) is 20.8. The number of nitrogens with one attached hydrogen (secondary N) is 1. The number of aryl methyl sites for hydroxylation is 1. The molecule has 4 rings (SSSR count). The van der Waals surface area contributed by atoms with Gasteiger partial charge in [-0.2, -0.15) is 0 Å². The molecule has 3 atom stereocenters. The zero-order chi connectivity index (χ0) is 26.6. The third-order valence-electron chi connectivity index (χ3n) is 6.76. The fraction of sp³-hybridized carbons (Fsp3) is 0.310. The van der Waals surface area contributed by atoms with E-state index >= 15 is 0 Å². The lowest BCUT2D eigenvalue weighted by Crippen LogP contribution is -2.55. The minimum Gasteiger partial charge on any atom is -0.388 e. The summed E-state index contributed by atoms with van der Waals surface area (Å²) in [5, 5.41) is 10.6.